The molecule has 3 aromatic rings. The minimum atomic E-state index is -1.03. The van der Waals surface area contributed by atoms with Crippen LogP contribution in [0.4, 0.5) is 22.2 Å². The highest BCUT2D eigenvalue weighted by Crippen LogP contribution is 2.34. The standard InChI is InChI=1S/C29H39N9O3/c30-19-8-10-20(11-9-19)33-28-35-25(24-26(36-28)38(17-31-24)23-6-1-2-7-23)32-21-12-14-37(15-13-21)29(41)34-22-5-3-4-18(16-22)27(39)40/h3-5,16-17,19-21,23H,1-2,6-15,30H2,(H,34,41)(H,39,40)(H2,32,33,35,36). The highest BCUT2D eigenvalue weighted by atomic mass is 16.4. The normalized spacial score (nSPS) is 22.1. The number of piperidine rings is 1. The number of likely N-dealkylation sites (tertiary alicyclic amines) is 1. The maximum absolute atomic E-state index is 12.9. The molecule has 3 heterocycles. The molecule has 0 radical (unpaired) electrons. The molecule has 6 N–H and O–H groups in total. The van der Waals surface area contributed by atoms with Gasteiger partial charge in [-0.3, -0.25) is 0 Å². The maximum atomic E-state index is 12.9. The van der Waals surface area contributed by atoms with E-state index < -0.39 is 5.97 Å². The van der Waals surface area contributed by atoms with Gasteiger partial charge in [0.15, 0.2) is 17.0 Å². The van der Waals surface area contributed by atoms with Crippen LogP contribution in [0.25, 0.3) is 11.2 Å². The second-order valence-corrected chi connectivity index (χ2v) is 11.6. The van der Waals surface area contributed by atoms with Gasteiger partial charge in [0.1, 0.15) is 0 Å². The number of benzene rings is 1. The van der Waals surface area contributed by atoms with Gasteiger partial charge in [-0.2, -0.15) is 9.97 Å². The van der Waals surface area contributed by atoms with Crippen molar-refractivity contribution >= 4 is 40.6 Å². The quantitative estimate of drug-likeness (QED) is 0.281. The lowest BCUT2D eigenvalue weighted by Gasteiger charge is -2.32. The van der Waals surface area contributed by atoms with Crippen LogP contribution >= 0.6 is 0 Å². The smallest absolute Gasteiger partial charge is 0.335 e. The van der Waals surface area contributed by atoms with E-state index in [1.807, 2.05) is 6.33 Å². The molecule has 1 aliphatic heterocycles. The Labute approximate surface area is 239 Å². The first-order valence-electron chi connectivity index (χ1n) is 14.9. The Balaban J connectivity index is 1.14. The van der Waals surface area contributed by atoms with E-state index in [1.54, 1.807) is 17.0 Å². The molecule has 0 spiro atoms. The van der Waals surface area contributed by atoms with Crippen molar-refractivity contribution in [1.82, 2.24) is 24.4 Å². The van der Waals surface area contributed by atoms with Gasteiger partial charge in [0.25, 0.3) is 0 Å². The van der Waals surface area contributed by atoms with Crippen LogP contribution in [0.1, 0.15) is 80.6 Å². The number of imidazole rings is 1. The third-order valence-corrected chi connectivity index (χ3v) is 8.73. The fourth-order valence-electron chi connectivity index (χ4n) is 6.33. The van der Waals surface area contributed by atoms with Crippen LogP contribution in [0, 0.1) is 0 Å². The topological polar surface area (TPSA) is 163 Å². The zero-order chi connectivity index (χ0) is 28.3. The van der Waals surface area contributed by atoms with E-state index in [1.165, 1.54) is 25.0 Å². The van der Waals surface area contributed by atoms with Gasteiger partial charge < -0.3 is 36.3 Å². The average molecular weight is 562 g/mol. The second-order valence-electron chi connectivity index (χ2n) is 11.6. The molecule has 2 aromatic heterocycles. The van der Waals surface area contributed by atoms with Crippen molar-refractivity contribution in [1.29, 1.82) is 0 Å². The van der Waals surface area contributed by atoms with E-state index in [2.05, 4.69) is 20.5 Å². The molecule has 6 rings (SSSR count). The number of amides is 2. The molecule has 12 nitrogen and oxygen atoms in total. The van der Waals surface area contributed by atoms with Crippen LogP contribution in [-0.4, -0.2) is 72.7 Å². The number of urea groups is 1. The van der Waals surface area contributed by atoms with E-state index in [4.69, 9.17) is 20.7 Å². The van der Waals surface area contributed by atoms with Crippen molar-refractivity contribution < 1.29 is 14.7 Å². The molecule has 218 valence electrons. The molecule has 3 fully saturated rings. The van der Waals surface area contributed by atoms with Gasteiger partial charge in [0, 0.05) is 42.9 Å². The molecule has 2 saturated carbocycles. The number of aromatic carboxylic acids is 1. The highest BCUT2D eigenvalue weighted by Gasteiger charge is 2.27. The molecule has 12 heteroatoms. The summed E-state index contributed by atoms with van der Waals surface area (Å²) < 4.78 is 2.23. The number of aromatic nitrogens is 4. The molecule has 41 heavy (non-hydrogen) atoms. The molecule has 2 amide bonds. The number of carbonyl (C=O) groups is 2. The summed E-state index contributed by atoms with van der Waals surface area (Å²) in [6.07, 6.45) is 12.2. The molecular weight excluding hydrogens is 522 g/mol. The predicted molar refractivity (Wildman–Crippen MR) is 157 cm³/mol. The second kappa shape index (κ2) is 11.9. The van der Waals surface area contributed by atoms with Gasteiger partial charge >= 0.3 is 12.0 Å². The highest BCUT2D eigenvalue weighted by molar-refractivity contribution is 5.93. The summed E-state index contributed by atoms with van der Waals surface area (Å²) in [5.41, 5.74) is 8.38. The van der Waals surface area contributed by atoms with E-state index in [0.29, 0.717) is 36.8 Å². The lowest BCUT2D eigenvalue weighted by Crippen LogP contribution is -2.44. The van der Waals surface area contributed by atoms with Crippen molar-refractivity contribution in [3.05, 3.63) is 36.2 Å². The Hall–Kier alpha value is -3.93. The van der Waals surface area contributed by atoms with Crippen molar-refractivity contribution in [2.75, 3.05) is 29.0 Å². The molecule has 1 aromatic carbocycles. The molecule has 0 bridgehead atoms. The first-order valence-corrected chi connectivity index (χ1v) is 14.9. The number of nitrogens with one attached hydrogen (secondary N) is 3. The molecule has 0 atom stereocenters. The Bertz CT molecular complexity index is 1390. The molecule has 3 aliphatic rings. The number of rotatable bonds is 7. The van der Waals surface area contributed by atoms with Gasteiger partial charge in [-0.15, -0.1) is 0 Å². The molecule has 2 aliphatic carbocycles. The Morgan fingerprint density at radius 3 is 2.39 bits per heavy atom. The summed E-state index contributed by atoms with van der Waals surface area (Å²) in [5, 5.41) is 19.3. The van der Waals surface area contributed by atoms with Crippen LogP contribution in [0.3, 0.4) is 0 Å². The van der Waals surface area contributed by atoms with Crippen molar-refractivity contribution in [2.45, 2.75) is 88.4 Å². The van der Waals surface area contributed by atoms with Crippen LogP contribution in [0.2, 0.25) is 0 Å². The first kappa shape index (κ1) is 27.3. The van der Waals surface area contributed by atoms with E-state index >= 15 is 0 Å². The summed E-state index contributed by atoms with van der Waals surface area (Å²) in [4.78, 5) is 40.5. The molecule has 0 unspecified atom stereocenters. The summed E-state index contributed by atoms with van der Waals surface area (Å²) in [5.74, 6) is 0.331. The Morgan fingerprint density at radius 1 is 0.927 bits per heavy atom. The largest absolute Gasteiger partial charge is 0.478 e. The van der Waals surface area contributed by atoms with Crippen LogP contribution < -0.4 is 21.7 Å². The number of anilines is 3. The fraction of sp³-hybridized carbons (Fsp3) is 0.552. The number of fused-ring (bicyclic) bond motifs is 1. The number of carboxylic acid groups (broad SMARTS) is 1. The number of carboxylic acids is 1. The Morgan fingerprint density at radius 2 is 1.66 bits per heavy atom. The third kappa shape index (κ3) is 6.22. The summed E-state index contributed by atoms with van der Waals surface area (Å²) in [6.45, 7) is 1.14. The van der Waals surface area contributed by atoms with E-state index in [-0.39, 0.29) is 23.7 Å². The summed E-state index contributed by atoms with van der Waals surface area (Å²) >= 11 is 0. The number of hydrogen-bond acceptors (Lipinski definition) is 8. The summed E-state index contributed by atoms with van der Waals surface area (Å²) in [7, 11) is 0. The van der Waals surface area contributed by atoms with Crippen LogP contribution in [0.15, 0.2) is 30.6 Å². The number of carbonyl (C=O) groups excluding carboxylic acids is 1. The van der Waals surface area contributed by atoms with Crippen LogP contribution in [0.5, 0.6) is 0 Å². The van der Waals surface area contributed by atoms with Gasteiger partial charge in [-0.05, 0) is 69.6 Å². The Kier molecular flexibility index (Phi) is 7.91. The van der Waals surface area contributed by atoms with Crippen molar-refractivity contribution in [3.63, 3.8) is 0 Å². The lowest BCUT2D eigenvalue weighted by molar-refractivity contribution is 0.0697. The number of hydrogen-bond donors (Lipinski definition) is 5. The van der Waals surface area contributed by atoms with Crippen LogP contribution in [-0.2, 0) is 0 Å². The zero-order valence-corrected chi connectivity index (χ0v) is 23.3. The monoisotopic (exact) mass is 561 g/mol. The van der Waals surface area contributed by atoms with Crippen molar-refractivity contribution in [3.8, 4) is 0 Å². The minimum absolute atomic E-state index is 0.129. The van der Waals surface area contributed by atoms with Gasteiger partial charge in [-0.25, -0.2) is 14.6 Å². The number of nitrogens with two attached hydrogens (primary N) is 1. The zero-order valence-electron chi connectivity index (χ0n) is 23.3. The van der Waals surface area contributed by atoms with Crippen molar-refractivity contribution in [2.24, 2.45) is 5.73 Å². The SMILES string of the molecule is NC1CCC(Nc2nc(NC3CCN(C(=O)Nc4cccc(C(=O)O)c4)CC3)c3ncn(C4CCCC4)c3n2)CC1. The lowest BCUT2D eigenvalue weighted by atomic mass is 9.92. The van der Waals surface area contributed by atoms with Gasteiger partial charge in [0.2, 0.25) is 5.95 Å². The first-order chi connectivity index (χ1) is 19.9. The predicted octanol–water partition coefficient (Wildman–Crippen LogP) is 4.43. The average Bonchev–Trinajstić information content (AvgIpc) is 3.65. The number of nitrogens with zero attached hydrogens (tertiary/aromatic N) is 5. The van der Waals surface area contributed by atoms with E-state index in [0.717, 1.165) is 68.3 Å². The molecule has 1 saturated heterocycles. The van der Waals surface area contributed by atoms with Gasteiger partial charge in [-0.1, -0.05) is 18.9 Å². The summed E-state index contributed by atoms with van der Waals surface area (Å²) in [6, 6.07) is 7.18. The van der Waals surface area contributed by atoms with Gasteiger partial charge in [0.05, 0.1) is 11.9 Å². The maximum Gasteiger partial charge on any atom is 0.335 e. The third-order valence-electron chi connectivity index (χ3n) is 8.73. The van der Waals surface area contributed by atoms with E-state index in [9.17, 15) is 14.7 Å². The minimum Gasteiger partial charge on any atom is -0.478 e. The molecular formula is C29H39N9O3. The fourth-order valence-corrected chi connectivity index (χ4v) is 6.33.